The van der Waals surface area contributed by atoms with Crippen molar-refractivity contribution in [2.75, 3.05) is 10.5 Å². The Bertz CT molecular complexity index is 935. The van der Waals surface area contributed by atoms with Crippen LogP contribution >= 0.6 is 45.5 Å². The van der Waals surface area contributed by atoms with Crippen molar-refractivity contribution < 1.29 is 8.42 Å². The Balaban J connectivity index is 2.08. The SMILES string of the molecule is Nc1nc2sccn2c1S(=O)(=O)Nc1ccc(I)cc1Cl. The van der Waals surface area contributed by atoms with Gasteiger partial charge >= 0.3 is 0 Å². The molecule has 1 aromatic carbocycles. The number of thiazole rings is 1. The highest BCUT2D eigenvalue weighted by Gasteiger charge is 2.25. The zero-order valence-electron chi connectivity index (χ0n) is 10.2. The molecule has 0 bridgehead atoms. The molecule has 3 N–H and O–H groups in total. The molecular weight excluding hydrogens is 447 g/mol. The summed E-state index contributed by atoms with van der Waals surface area (Å²) in [6, 6.07) is 5.02. The van der Waals surface area contributed by atoms with E-state index in [9.17, 15) is 8.42 Å². The van der Waals surface area contributed by atoms with E-state index in [4.69, 9.17) is 17.3 Å². The van der Waals surface area contributed by atoms with Gasteiger partial charge in [0.15, 0.2) is 10.8 Å². The van der Waals surface area contributed by atoms with E-state index in [2.05, 4.69) is 32.3 Å². The summed E-state index contributed by atoms with van der Waals surface area (Å²) in [7, 11) is -3.89. The minimum Gasteiger partial charge on any atom is -0.381 e. The first kappa shape index (κ1) is 14.9. The highest BCUT2D eigenvalue weighted by molar-refractivity contribution is 14.1. The van der Waals surface area contributed by atoms with Crippen LogP contribution in [0, 0.1) is 3.57 Å². The molecule has 0 unspecified atom stereocenters. The highest BCUT2D eigenvalue weighted by atomic mass is 127. The fourth-order valence-corrected chi connectivity index (χ4v) is 4.84. The van der Waals surface area contributed by atoms with E-state index in [1.807, 2.05) is 0 Å². The molecule has 0 amide bonds. The summed E-state index contributed by atoms with van der Waals surface area (Å²) in [5, 5.41) is 1.96. The molecule has 3 rings (SSSR count). The number of nitrogen functional groups attached to an aromatic ring is 1. The zero-order chi connectivity index (χ0) is 15.2. The second kappa shape index (κ2) is 5.30. The van der Waals surface area contributed by atoms with E-state index in [1.165, 1.54) is 15.7 Å². The van der Waals surface area contributed by atoms with Gasteiger partial charge in [-0.15, -0.1) is 11.3 Å². The maximum absolute atomic E-state index is 12.5. The minimum atomic E-state index is -3.89. The summed E-state index contributed by atoms with van der Waals surface area (Å²) in [5.41, 5.74) is 6.01. The van der Waals surface area contributed by atoms with Gasteiger partial charge < -0.3 is 5.73 Å². The van der Waals surface area contributed by atoms with Crippen LogP contribution in [-0.2, 0) is 10.0 Å². The number of fused-ring (bicyclic) bond motifs is 1. The number of aromatic nitrogens is 2. The van der Waals surface area contributed by atoms with Crippen LogP contribution in [0.15, 0.2) is 34.8 Å². The van der Waals surface area contributed by atoms with Gasteiger partial charge in [-0.25, -0.2) is 4.98 Å². The molecule has 0 spiro atoms. The topological polar surface area (TPSA) is 89.5 Å². The molecule has 2 aromatic heterocycles. The van der Waals surface area contributed by atoms with Crippen molar-refractivity contribution in [2.45, 2.75) is 5.03 Å². The lowest BCUT2D eigenvalue weighted by atomic mass is 10.3. The normalized spacial score (nSPS) is 11.9. The smallest absolute Gasteiger partial charge is 0.281 e. The standard InChI is InChI=1S/C11H8ClIN4O2S2/c12-7-5-6(13)1-2-8(7)16-21(18,19)10-9(14)15-11-17(10)3-4-20-11/h1-5,16H,14H2. The Morgan fingerprint density at radius 1 is 1.43 bits per heavy atom. The van der Waals surface area contributed by atoms with Gasteiger partial charge in [0.2, 0.25) is 5.03 Å². The average molecular weight is 455 g/mol. The van der Waals surface area contributed by atoms with Crippen molar-refractivity contribution in [1.82, 2.24) is 9.38 Å². The van der Waals surface area contributed by atoms with Crippen LogP contribution in [0.3, 0.4) is 0 Å². The third kappa shape index (κ3) is 2.70. The Hall–Kier alpha value is -1.04. The molecule has 0 aliphatic rings. The number of rotatable bonds is 3. The van der Waals surface area contributed by atoms with Crippen LogP contribution in [-0.4, -0.2) is 17.8 Å². The van der Waals surface area contributed by atoms with Crippen LogP contribution in [0.5, 0.6) is 0 Å². The van der Waals surface area contributed by atoms with Crippen molar-refractivity contribution in [1.29, 1.82) is 0 Å². The molecule has 0 aliphatic heterocycles. The fourth-order valence-electron chi connectivity index (χ4n) is 1.81. The van der Waals surface area contributed by atoms with Crippen LogP contribution < -0.4 is 10.5 Å². The van der Waals surface area contributed by atoms with Gasteiger partial charge in [0.25, 0.3) is 10.0 Å². The van der Waals surface area contributed by atoms with Gasteiger partial charge in [0.1, 0.15) is 0 Å². The predicted octanol–water partition coefficient (Wildman–Crippen LogP) is 3.04. The number of benzene rings is 1. The molecule has 0 aliphatic carbocycles. The minimum absolute atomic E-state index is 0.0454. The second-order valence-electron chi connectivity index (χ2n) is 4.09. The number of sulfonamides is 1. The summed E-state index contributed by atoms with van der Waals surface area (Å²) in [4.78, 5) is 4.54. The second-order valence-corrected chi connectivity index (χ2v) is 8.21. The average Bonchev–Trinajstić information content (AvgIpc) is 2.91. The third-order valence-corrected chi connectivity index (χ3v) is 5.82. The summed E-state index contributed by atoms with van der Waals surface area (Å²) in [6.45, 7) is 0. The largest absolute Gasteiger partial charge is 0.381 e. The van der Waals surface area contributed by atoms with Gasteiger partial charge in [-0.2, -0.15) is 8.42 Å². The maximum atomic E-state index is 12.5. The first-order valence-corrected chi connectivity index (χ1v) is 9.39. The van der Waals surface area contributed by atoms with Crippen molar-refractivity contribution in [2.24, 2.45) is 0 Å². The molecular formula is C11H8ClIN4O2S2. The fraction of sp³-hybridized carbons (Fsp3) is 0. The van der Waals surface area contributed by atoms with Crippen molar-refractivity contribution in [3.8, 4) is 0 Å². The lowest BCUT2D eigenvalue weighted by Crippen LogP contribution is -2.16. The number of hydrogen-bond acceptors (Lipinski definition) is 5. The zero-order valence-corrected chi connectivity index (χ0v) is 14.8. The van der Waals surface area contributed by atoms with Gasteiger partial charge in [0.05, 0.1) is 10.7 Å². The maximum Gasteiger partial charge on any atom is 0.281 e. The van der Waals surface area contributed by atoms with Crippen LogP contribution in [0.1, 0.15) is 0 Å². The third-order valence-electron chi connectivity index (χ3n) is 2.67. The molecule has 6 nitrogen and oxygen atoms in total. The number of imidazole rings is 1. The quantitative estimate of drug-likeness (QED) is 0.595. The van der Waals surface area contributed by atoms with Gasteiger partial charge in [-0.05, 0) is 40.8 Å². The molecule has 2 heterocycles. The Kier molecular flexibility index (Phi) is 3.76. The van der Waals surface area contributed by atoms with Gasteiger partial charge in [-0.3, -0.25) is 9.12 Å². The molecule has 21 heavy (non-hydrogen) atoms. The molecule has 0 fully saturated rings. The molecule has 0 atom stereocenters. The monoisotopic (exact) mass is 454 g/mol. The van der Waals surface area contributed by atoms with Crippen LogP contribution in [0.4, 0.5) is 11.5 Å². The lowest BCUT2D eigenvalue weighted by Gasteiger charge is -2.09. The summed E-state index contributed by atoms with van der Waals surface area (Å²) in [5.74, 6) is -0.0454. The number of hydrogen-bond donors (Lipinski definition) is 2. The molecule has 0 saturated heterocycles. The molecule has 10 heteroatoms. The Labute approximate surface area is 143 Å². The first-order valence-electron chi connectivity index (χ1n) is 5.57. The van der Waals surface area contributed by atoms with Crippen LogP contribution in [0.25, 0.3) is 4.96 Å². The lowest BCUT2D eigenvalue weighted by molar-refractivity contribution is 0.597. The van der Waals surface area contributed by atoms with Crippen molar-refractivity contribution in [3.63, 3.8) is 0 Å². The van der Waals surface area contributed by atoms with Crippen LogP contribution in [0.2, 0.25) is 5.02 Å². The number of anilines is 2. The van der Waals surface area contributed by atoms with Gasteiger partial charge in [-0.1, -0.05) is 11.6 Å². The number of nitrogens with zero attached hydrogens (tertiary/aromatic N) is 2. The van der Waals surface area contributed by atoms with E-state index in [0.29, 0.717) is 15.7 Å². The Morgan fingerprint density at radius 2 is 2.19 bits per heavy atom. The van der Waals surface area contributed by atoms with E-state index in [1.54, 1.807) is 29.8 Å². The molecule has 110 valence electrons. The van der Waals surface area contributed by atoms with E-state index in [0.717, 1.165) is 3.57 Å². The first-order chi connectivity index (χ1) is 9.88. The Morgan fingerprint density at radius 3 is 2.90 bits per heavy atom. The number of nitrogens with one attached hydrogen (secondary N) is 1. The summed E-state index contributed by atoms with van der Waals surface area (Å²) in [6.07, 6.45) is 1.60. The number of halogens is 2. The van der Waals surface area contributed by atoms with E-state index in [-0.39, 0.29) is 10.8 Å². The molecule has 0 radical (unpaired) electrons. The molecule has 3 aromatic rings. The van der Waals surface area contributed by atoms with E-state index < -0.39 is 10.0 Å². The van der Waals surface area contributed by atoms with Crippen molar-refractivity contribution in [3.05, 3.63) is 38.4 Å². The van der Waals surface area contributed by atoms with Gasteiger partial charge in [0, 0.05) is 15.1 Å². The van der Waals surface area contributed by atoms with Crippen molar-refractivity contribution >= 4 is 72.0 Å². The summed E-state index contributed by atoms with van der Waals surface area (Å²) >= 11 is 9.44. The molecule has 0 saturated carbocycles. The van der Waals surface area contributed by atoms with E-state index >= 15 is 0 Å². The predicted molar refractivity (Wildman–Crippen MR) is 92.5 cm³/mol. The highest BCUT2D eigenvalue weighted by Crippen LogP contribution is 2.29. The summed E-state index contributed by atoms with van der Waals surface area (Å²) < 4.78 is 29.8. The number of nitrogens with two attached hydrogens (primary N) is 1.